The summed E-state index contributed by atoms with van der Waals surface area (Å²) in [5.41, 5.74) is 5.56. The van der Waals surface area contributed by atoms with Crippen molar-refractivity contribution < 1.29 is 19.0 Å². The highest BCUT2D eigenvalue weighted by atomic mass is 16.5. The molecule has 2 heterocycles. The fourth-order valence-corrected chi connectivity index (χ4v) is 4.86. The van der Waals surface area contributed by atoms with E-state index in [1.165, 1.54) is 16.8 Å². The van der Waals surface area contributed by atoms with Crippen LogP contribution in [0.5, 0.6) is 11.5 Å². The molecule has 196 valence electrons. The Morgan fingerprint density at radius 2 is 1.56 bits per heavy atom. The van der Waals surface area contributed by atoms with E-state index in [1.54, 1.807) is 0 Å². The van der Waals surface area contributed by atoms with Gasteiger partial charge in [-0.25, -0.2) is 0 Å². The number of nitrogens with zero attached hydrogens (tertiary/aromatic N) is 3. The van der Waals surface area contributed by atoms with Gasteiger partial charge in [0.1, 0.15) is 11.5 Å². The van der Waals surface area contributed by atoms with Crippen molar-refractivity contribution in [3.8, 4) is 11.5 Å². The molecule has 2 aromatic rings. The van der Waals surface area contributed by atoms with Crippen LogP contribution in [0.15, 0.2) is 30.3 Å². The zero-order chi connectivity index (χ0) is 25.5. The van der Waals surface area contributed by atoms with Crippen molar-refractivity contribution in [3.63, 3.8) is 0 Å². The van der Waals surface area contributed by atoms with Gasteiger partial charge in [0.25, 0.3) is 0 Å². The molecule has 2 aliphatic heterocycles. The van der Waals surface area contributed by atoms with Gasteiger partial charge in [-0.05, 0) is 44.9 Å². The van der Waals surface area contributed by atoms with Gasteiger partial charge < -0.3 is 29.3 Å². The summed E-state index contributed by atoms with van der Waals surface area (Å²) >= 11 is 0. The molecule has 0 radical (unpaired) electrons. The first kappa shape index (κ1) is 26.1. The van der Waals surface area contributed by atoms with E-state index in [1.807, 2.05) is 26.0 Å². The Balaban J connectivity index is 1.41. The lowest BCUT2D eigenvalue weighted by Crippen LogP contribution is -2.48. The summed E-state index contributed by atoms with van der Waals surface area (Å²) < 4.78 is 17.4. The van der Waals surface area contributed by atoms with Crippen molar-refractivity contribution in [3.05, 3.63) is 41.5 Å². The predicted octanol–water partition coefficient (Wildman–Crippen LogP) is 3.70. The van der Waals surface area contributed by atoms with Gasteiger partial charge in [-0.2, -0.15) is 0 Å². The number of hydrogen-bond donors (Lipinski definition) is 1. The van der Waals surface area contributed by atoms with Gasteiger partial charge in [-0.1, -0.05) is 12.1 Å². The molecule has 0 unspecified atom stereocenters. The number of carbonyl (C=O) groups excluding carboxylic acids is 1. The first-order valence-electron chi connectivity index (χ1n) is 13.1. The van der Waals surface area contributed by atoms with Crippen molar-refractivity contribution in [1.82, 2.24) is 4.90 Å². The monoisotopic (exact) mass is 496 g/mol. The quantitative estimate of drug-likeness (QED) is 0.568. The van der Waals surface area contributed by atoms with Crippen molar-refractivity contribution in [2.75, 3.05) is 87.4 Å². The number of anilines is 3. The van der Waals surface area contributed by atoms with Crippen molar-refractivity contribution >= 4 is 23.0 Å². The minimum Gasteiger partial charge on any atom is -0.492 e. The van der Waals surface area contributed by atoms with Crippen molar-refractivity contribution in [2.24, 2.45) is 0 Å². The molecule has 2 aromatic carbocycles. The molecule has 0 aromatic heterocycles. The summed E-state index contributed by atoms with van der Waals surface area (Å²) in [5, 5.41) is 3.09. The van der Waals surface area contributed by atoms with Crippen molar-refractivity contribution in [1.29, 1.82) is 0 Å². The van der Waals surface area contributed by atoms with Crippen LogP contribution in [0, 0.1) is 13.8 Å². The number of aryl methyl sites for hydroxylation is 1. The number of nitrogens with one attached hydrogen (secondary N) is 1. The molecule has 0 aliphatic carbocycles. The number of benzene rings is 2. The molecule has 8 heteroatoms. The number of ether oxygens (including phenoxy) is 3. The average molecular weight is 497 g/mol. The minimum atomic E-state index is -0.0438. The number of piperazine rings is 1. The van der Waals surface area contributed by atoms with Gasteiger partial charge in [0, 0.05) is 57.1 Å². The summed E-state index contributed by atoms with van der Waals surface area (Å²) in [5.74, 6) is 1.37. The van der Waals surface area contributed by atoms with E-state index in [4.69, 9.17) is 14.2 Å². The van der Waals surface area contributed by atoms with Crippen LogP contribution in [-0.2, 0) is 9.53 Å². The third-order valence-corrected chi connectivity index (χ3v) is 6.94. The Kier molecular flexibility index (Phi) is 8.93. The number of carbonyl (C=O) groups is 1. The summed E-state index contributed by atoms with van der Waals surface area (Å²) in [7, 11) is 0. The molecular weight excluding hydrogens is 456 g/mol. The Morgan fingerprint density at radius 3 is 2.25 bits per heavy atom. The standard InChI is InChI=1S/C28H40N4O4/c1-5-35-26-19-25(32-14-16-34-17-15-32)27(36-6-2)18-23(26)29-28(33)20-30-10-12-31(13-11-30)24-9-7-8-21(3)22(24)4/h7-9,18-19H,5-6,10-17,20H2,1-4H3,(H,29,33). The Hall–Kier alpha value is -2.97. The average Bonchev–Trinajstić information content (AvgIpc) is 2.88. The van der Waals surface area contributed by atoms with E-state index in [0.29, 0.717) is 44.4 Å². The van der Waals surface area contributed by atoms with Crippen LogP contribution in [0.2, 0.25) is 0 Å². The third kappa shape index (κ3) is 6.23. The second kappa shape index (κ2) is 12.3. The second-order valence-corrected chi connectivity index (χ2v) is 9.31. The maximum atomic E-state index is 13.1. The largest absolute Gasteiger partial charge is 0.492 e. The van der Waals surface area contributed by atoms with Gasteiger partial charge in [0.05, 0.1) is 44.3 Å². The maximum Gasteiger partial charge on any atom is 0.238 e. The lowest BCUT2D eigenvalue weighted by molar-refractivity contribution is -0.117. The van der Waals surface area contributed by atoms with Crippen molar-refractivity contribution in [2.45, 2.75) is 27.7 Å². The molecule has 0 saturated carbocycles. The highest BCUT2D eigenvalue weighted by molar-refractivity contribution is 5.94. The lowest BCUT2D eigenvalue weighted by atomic mass is 10.1. The van der Waals surface area contributed by atoms with Crippen LogP contribution in [0.3, 0.4) is 0 Å². The zero-order valence-corrected chi connectivity index (χ0v) is 22.1. The predicted molar refractivity (Wildman–Crippen MR) is 145 cm³/mol. The van der Waals surface area contributed by atoms with E-state index in [2.05, 4.69) is 52.1 Å². The van der Waals surface area contributed by atoms with Crippen LogP contribution in [0.4, 0.5) is 17.1 Å². The molecular formula is C28H40N4O4. The Morgan fingerprint density at radius 1 is 0.889 bits per heavy atom. The maximum absolute atomic E-state index is 13.1. The van der Waals surface area contributed by atoms with Crippen LogP contribution < -0.4 is 24.6 Å². The Bertz CT molecular complexity index is 1030. The molecule has 36 heavy (non-hydrogen) atoms. The smallest absolute Gasteiger partial charge is 0.238 e. The van der Waals surface area contributed by atoms with E-state index in [0.717, 1.165) is 50.7 Å². The molecule has 1 N–H and O–H groups in total. The molecule has 1 amide bonds. The summed E-state index contributed by atoms with van der Waals surface area (Å²) in [6.07, 6.45) is 0. The summed E-state index contributed by atoms with van der Waals surface area (Å²) in [6, 6.07) is 10.3. The molecule has 4 rings (SSSR count). The van der Waals surface area contributed by atoms with E-state index < -0.39 is 0 Å². The zero-order valence-electron chi connectivity index (χ0n) is 22.1. The van der Waals surface area contributed by atoms with Gasteiger partial charge in [0.2, 0.25) is 5.91 Å². The second-order valence-electron chi connectivity index (χ2n) is 9.31. The van der Waals surface area contributed by atoms with Crippen LogP contribution in [-0.4, -0.2) is 83.0 Å². The molecule has 0 atom stereocenters. The highest BCUT2D eigenvalue weighted by Gasteiger charge is 2.23. The topological polar surface area (TPSA) is 66.5 Å². The molecule has 2 fully saturated rings. The van der Waals surface area contributed by atoms with Gasteiger partial charge in [-0.15, -0.1) is 0 Å². The molecule has 0 spiro atoms. The first-order chi connectivity index (χ1) is 17.5. The summed E-state index contributed by atoms with van der Waals surface area (Å²) in [4.78, 5) is 19.9. The van der Waals surface area contributed by atoms with E-state index >= 15 is 0 Å². The van der Waals surface area contributed by atoms with Gasteiger partial charge in [0.15, 0.2) is 0 Å². The number of hydrogen-bond acceptors (Lipinski definition) is 7. The number of morpholine rings is 1. The van der Waals surface area contributed by atoms with Crippen LogP contribution in [0.1, 0.15) is 25.0 Å². The Labute approximate surface area is 215 Å². The molecule has 8 nitrogen and oxygen atoms in total. The normalized spacial score (nSPS) is 16.7. The van der Waals surface area contributed by atoms with Gasteiger partial charge >= 0.3 is 0 Å². The fourth-order valence-electron chi connectivity index (χ4n) is 4.86. The number of amides is 1. The van der Waals surface area contributed by atoms with E-state index in [9.17, 15) is 4.79 Å². The molecule has 0 bridgehead atoms. The first-order valence-corrected chi connectivity index (χ1v) is 13.1. The van der Waals surface area contributed by atoms with Gasteiger partial charge in [-0.3, -0.25) is 9.69 Å². The fraction of sp³-hybridized carbons (Fsp3) is 0.536. The summed E-state index contributed by atoms with van der Waals surface area (Å²) in [6.45, 7) is 16.1. The highest BCUT2D eigenvalue weighted by Crippen LogP contribution is 2.39. The van der Waals surface area contributed by atoms with E-state index in [-0.39, 0.29) is 5.91 Å². The lowest BCUT2D eigenvalue weighted by Gasteiger charge is -2.36. The molecule has 2 aliphatic rings. The molecule has 2 saturated heterocycles. The number of rotatable bonds is 9. The van der Waals surface area contributed by atoms with Crippen LogP contribution in [0.25, 0.3) is 0 Å². The van der Waals surface area contributed by atoms with Crippen LogP contribution >= 0.6 is 0 Å². The third-order valence-electron chi connectivity index (χ3n) is 6.94. The SMILES string of the molecule is CCOc1cc(N2CCOCC2)c(OCC)cc1NC(=O)CN1CCN(c2cccc(C)c2C)CC1. The minimum absolute atomic E-state index is 0.0438.